The average Bonchev–Trinajstić information content (AvgIpc) is 3.08. The highest BCUT2D eigenvalue weighted by Gasteiger charge is 2.44. The molecular formula is C27H41NO3Si. The van der Waals surface area contributed by atoms with Gasteiger partial charge < -0.3 is 9.47 Å². The summed E-state index contributed by atoms with van der Waals surface area (Å²) in [6.07, 6.45) is 2.02. The zero-order valence-electron chi connectivity index (χ0n) is 21.1. The first-order chi connectivity index (χ1) is 15.1. The summed E-state index contributed by atoms with van der Waals surface area (Å²) in [5, 5.41) is 2.05. The van der Waals surface area contributed by atoms with Gasteiger partial charge in [0.15, 0.2) is 5.79 Å². The van der Waals surface area contributed by atoms with Gasteiger partial charge in [-0.25, -0.2) is 0 Å². The van der Waals surface area contributed by atoms with Crippen molar-refractivity contribution in [1.29, 1.82) is 0 Å². The van der Waals surface area contributed by atoms with E-state index in [4.69, 9.17) is 14.3 Å². The zero-order valence-corrected chi connectivity index (χ0v) is 22.1. The fraction of sp³-hybridized carbons (Fsp3) is 0.630. The van der Waals surface area contributed by atoms with Crippen LogP contribution in [0.1, 0.15) is 61.0 Å². The molecular weight excluding hydrogens is 414 g/mol. The van der Waals surface area contributed by atoms with Gasteiger partial charge in [-0.15, -0.1) is 5.54 Å². The standard InChI is InChI=1S/C27H41NO3Si/c1-20(2)32(21(3)4,22(5)6)17-15-24-14-16-30-28(18-23-12-10-9-11-13-23)26(24)25-19-29-27(7,8)31-25/h9-14,20-22,25-26H,16,18-19H2,1-8H3/t25-,26+/m1/s1. The molecule has 1 saturated heterocycles. The predicted molar refractivity (Wildman–Crippen MR) is 134 cm³/mol. The van der Waals surface area contributed by atoms with E-state index in [9.17, 15) is 0 Å². The highest BCUT2D eigenvalue weighted by molar-refractivity contribution is 6.90. The molecule has 0 amide bonds. The van der Waals surface area contributed by atoms with Gasteiger partial charge in [-0.3, -0.25) is 4.84 Å². The summed E-state index contributed by atoms with van der Waals surface area (Å²) in [5.41, 5.74) is 8.01. The molecule has 0 saturated carbocycles. The Hall–Kier alpha value is -1.42. The monoisotopic (exact) mass is 455 g/mol. The highest BCUT2D eigenvalue weighted by atomic mass is 28.3. The van der Waals surface area contributed by atoms with Crippen molar-refractivity contribution in [3.63, 3.8) is 0 Å². The van der Waals surface area contributed by atoms with Gasteiger partial charge >= 0.3 is 0 Å². The van der Waals surface area contributed by atoms with Gasteiger partial charge in [-0.2, -0.15) is 5.06 Å². The van der Waals surface area contributed by atoms with Crippen LogP contribution in [0.4, 0.5) is 0 Å². The molecule has 1 aromatic rings. The van der Waals surface area contributed by atoms with Crippen LogP contribution < -0.4 is 0 Å². The van der Waals surface area contributed by atoms with Crippen LogP contribution in [0, 0.1) is 11.5 Å². The van der Waals surface area contributed by atoms with E-state index in [0.29, 0.717) is 36.4 Å². The summed E-state index contributed by atoms with van der Waals surface area (Å²) in [7, 11) is -1.84. The van der Waals surface area contributed by atoms with E-state index < -0.39 is 13.9 Å². The van der Waals surface area contributed by atoms with Crippen molar-refractivity contribution >= 4 is 8.07 Å². The molecule has 5 heteroatoms. The van der Waals surface area contributed by atoms with Crippen LogP contribution in [0.5, 0.6) is 0 Å². The van der Waals surface area contributed by atoms with Crippen LogP contribution in [0.2, 0.25) is 16.6 Å². The summed E-state index contributed by atoms with van der Waals surface area (Å²) < 4.78 is 12.3. The van der Waals surface area contributed by atoms with Crippen molar-refractivity contribution < 1.29 is 14.3 Å². The molecule has 0 aromatic heterocycles. The van der Waals surface area contributed by atoms with Crippen LogP contribution in [-0.2, 0) is 20.9 Å². The summed E-state index contributed by atoms with van der Waals surface area (Å²) >= 11 is 0. The van der Waals surface area contributed by atoms with Crippen LogP contribution in [0.15, 0.2) is 42.0 Å². The van der Waals surface area contributed by atoms with E-state index in [1.807, 2.05) is 19.9 Å². The summed E-state index contributed by atoms with van der Waals surface area (Å²) in [6, 6.07) is 10.4. The molecule has 0 N–H and O–H groups in total. The lowest BCUT2D eigenvalue weighted by Gasteiger charge is -2.39. The van der Waals surface area contributed by atoms with Crippen molar-refractivity contribution in [1.82, 2.24) is 5.06 Å². The van der Waals surface area contributed by atoms with Gasteiger partial charge in [0.25, 0.3) is 0 Å². The van der Waals surface area contributed by atoms with Crippen LogP contribution in [-0.4, -0.2) is 44.3 Å². The number of hydrogen-bond acceptors (Lipinski definition) is 4. The second kappa shape index (κ2) is 10.2. The van der Waals surface area contributed by atoms with Gasteiger partial charge in [0.1, 0.15) is 14.2 Å². The molecule has 2 heterocycles. The second-order valence-corrected chi connectivity index (χ2v) is 16.1. The minimum absolute atomic E-state index is 0.0867. The Morgan fingerprint density at radius 1 is 1.03 bits per heavy atom. The lowest BCUT2D eigenvalue weighted by Crippen LogP contribution is -2.48. The summed E-state index contributed by atoms with van der Waals surface area (Å²) in [5.74, 6) is 3.10. The number of hydrogen-bond donors (Lipinski definition) is 0. The van der Waals surface area contributed by atoms with Crippen LogP contribution in [0.3, 0.4) is 0 Å². The zero-order chi connectivity index (χ0) is 23.5. The minimum Gasteiger partial charge on any atom is -0.348 e. The number of benzene rings is 1. The molecule has 1 fully saturated rings. The van der Waals surface area contributed by atoms with Crippen molar-refractivity contribution in [2.24, 2.45) is 0 Å². The molecule has 0 radical (unpaired) electrons. The Bertz CT molecular complexity index is 829. The molecule has 176 valence electrons. The second-order valence-electron chi connectivity index (χ2n) is 10.5. The van der Waals surface area contributed by atoms with Gasteiger partial charge in [0, 0.05) is 12.1 Å². The van der Waals surface area contributed by atoms with E-state index in [1.165, 1.54) is 5.56 Å². The Morgan fingerprint density at radius 3 is 2.19 bits per heavy atom. The lowest BCUT2D eigenvalue weighted by molar-refractivity contribution is -0.214. The molecule has 0 aliphatic carbocycles. The molecule has 32 heavy (non-hydrogen) atoms. The number of nitrogens with zero attached hydrogens (tertiary/aromatic N) is 1. The molecule has 2 atom stereocenters. The number of ether oxygens (including phenoxy) is 2. The van der Waals surface area contributed by atoms with E-state index in [1.54, 1.807) is 0 Å². The van der Waals surface area contributed by atoms with E-state index in [0.717, 1.165) is 5.57 Å². The fourth-order valence-corrected chi connectivity index (χ4v) is 10.7. The third-order valence-corrected chi connectivity index (χ3v) is 13.3. The molecule has 3 rings (SSSR count). The third kappa shape index (κ3) is 5.38. The summed E-state index contributed by atoms with van der Waals surface area (Å²) in [4.78, 5) is 6.14. The number of hydroxylamine groups is 2. The van der Waals surface area contributed by atoms with Gasteiger partial charge in [0.2, 0.25) is 0 Å². The molecule has 4 nitrogen and oxygen atoms in total. The van der Waals surface area contributed by atoms with Crippen molar-refractivity contribution in [2.75, 3.05) is 13.2 Å². The molecule has 2 aliphatic rings. The Morgan fingerprint density at radius 2 is 1.66 bits per heavy atom. The van der Waals surface area contributed by atoms with Crippen LogP contribution in [0.25, 0.3) is 0 Å². The molecule has 0 bridgehead atoms. The first kappa shape index (κ1) is 25.2. The van der Waals surface area contributed by atoms with Gasteiger partial charge in [-0.1, -0.05) is 77.8 Å². The smallest absolute Gasteiger partial charge is 0.163 e. The molecule has 1 aromatic carbocycles. The largest absolute Gasteiger partial charge is 0.348 e. The van der Waals surface area contributed by atoms with Gasteiger partial charge in [0.05, 0.1) is 19.3 Å². The maximum Gasteiger partial charge on any atom is 0.163 e. The lowest BCUT2D eigenvalue weighted by atomic mass is 10.00. The van der Waals surface area contributed by atoms with Crippen molar-refractivity contribution in [2.45, 2.75) is 96.5 Å². The SMILES string of the molecule is CC(C)[Si](C#CC1=CCON(Cc2ccccc2)[C@@H]1[C@H]1COC(C)(C)O1)(C(C)C)C(C)C. The minimum atomic E-state index is -1.84. The third-order valence-electron chi connectivity index (χ3n) is 7.03. The Balaban J connectivity index is 1.98. The molecule has 0 unspecified atom stereocenters. The predicted octanol–water partition coefficient (Wildman–Crippen LogP) is 6.10. The first-order valence-electron chi connectivity index (χ1n) is 12.0. The van der Waals surface area contributed by atoms with E-state index in [2.05, 4.69) is 88.4 Å². The summed E-state index contributed by atoms with van der Waals surface area (Å²) in [6.45, 7) is 19.8. The maximum absolute atomic E-state index is 6.32. The van der Waals surface area contributed by atoms with E-state index in [-0.39, 0.29) is 12.1 Å². The van der Waals surface area contributed by atoms with Gasteiger partial charge in [-0.05, 0) is 42.1 Å². The topological polar surface area (TPSA) is 30.9 Å². The Kier molecular flexibility index (Phi) is 8.06. The molecule has 0 spiro atoms. The first-order valence-corrected chi connectivity index (χ1v) is 14.3. The number of rotatable bonds is 6. The van der Waals surface area contributed by atoms with Crippen LogP contribution >= 0.6 is 0 Å². The Labute approximate surface area is 196 Å². The normalized spacial score (nSPS) is 24.0. The fourth-order valence-electron chi connectivity index (χ4n) is 5.48. The highest BCUT2D eigenvalue weighted by Crippen LogP contribution is 2.41. The molecule has 2 aliphatic heterocycles. The quantitative estimate of drug-likeness (QED) is 0.383. The van der Waals surface area contributed by atoms with Crippen molar-refractivity contribution in [3.8, 4) is 11.5 Å². The average molecular weight is 456 g/mol. The van der Waals surface area contributed by atoms with Crippen molar-refractivity contribution in [3.05, 3.63) is 47.5 Å². The van der Waals surface area contributed by atoms with E-state index >= 15 is 0 Å². The maximum atomic E-state index is 6.32.